The molecule has 0 radical (unpaired) electrons. The Labute approximate surface area is 148 Å². The summed E-state index contributed by atoms with van der Waals surface area (Å²) in [6.45, 7) is 6.91. The number of nitrogens with zero attached hydrogens (tertiary/aromatic N) is 4. The zero-order valence-corrected chi connectivity index (χ0v) is 14.9. The zero-order valence-electron chi connectivity index (χ0n) is 14.9. The van der Waals surface area contributed by atoms with Crippen molar-refractivity contribution >= 4 is 11.6 Å². The lowest BCUT2D eigenvalue weighted by atomic mass is 10.2. The Morgan fingerprint density at radius 1 is 1.32 bits per heavy atom. The van der Waals surface area contributed by atoms with Gasteiger partial charge in [0, 0.05) is 36.2 Å². The summed E-state index contributed by atoms with van der Waals surface area (Å²) in [5.74, 6) is 0.499. The van der Waals surface area contributed by atoms with Crippen molar-refractivity contribution in [3.05, 3.63) is 42.2 Å². The van der Waals surface area contributed by atoms with E-state index in [1.54, 1.807) is 11.1 Å². The fourth-order valence-electron chi connectivity index (χ4n) is 2.39. The smallest absolute Gasteiger partial charge is 0.241 e. The van der Waals surface area contributed by atoms with E-state index in [9.17, 15) is 4.79 Å². The van der Waals surface area contributed by atoms with Crippen LogP contribution in [0.5, 0.6) is 0 Å². The average Bonchev–Trinajstić information content (AvgIpc) is 2.64. The second-order valence-electron chi connectivity index (χ2n) is 5.92. The number of hydrogen-bond donors (Lipinski definition) is 1. The highest BCUT2D eigenvalue weighted by Gasteiger charge is 2.14. The molecular weight excluding hydrogens is 314 g/mol. The van der Waals surface area contributed by atoms with E-state index < -0.39 is 0 Å². The summed E-state index contributed by atoms with van der Waals surface area (Å²) in [5, 5.41) is 12.0. The highest BCUT2D eigenvalue weighted by atomic mass is 16.2. The fourth-order valence-corrected chi connectivity index (χ4v) is 2.39. The van der Waals surface area contributed by atoms with E-state index in [2.05, 4.69) is 21.4 Å². The van der Waals surface area contributed by atoms with E-state index >= 15 is 0 Å². The van der Waals surface area contributed by atoms with Gasteiger partial charge in [-0.05, 0) is 51.1 Å². The Morgan fingerprint density at radius 2 is 2.04 bits per heavy atom. The van der Waals surface area contributed by atoms with Crippen molar-refractivity contribution < 1.29 is 4.79 Å². The van der Waals surface area contributed by atoms with Crippen molar-refractivity contribution in [2.75, 3.05) is 25.0 Å². The number of nitrogens with one attached hydrogen (secondary N) is 1. The predicted molar refractivity (Wildman–Crippen MR) is 97.7 cm³/mol. The molecule has 0 spiro atoms. The molecule has 1 aromatic heterocycles. The van der Waals surface area contributed by atoms with Crippen molar-refractivity contribution in [3.8, 4) is 17.5 Å². The van der Waals surface area contributed by atoms with Crippen molar-refractivity contribution in [2.45, 2.75) is 20.8 Å². The number of benzene rings is 1. The molecule has 0 fully saturated rings. The molecule has 0 unspecified atom stereocenters. The summed E-state index contributed by atoms with van der Waals surface area (Å²) in [5.41, 5.74) is 2.71. The minimum absolute atomic E-state index is 0.0179. The Hall–Kier alpha value is -2.94. The number of aromatic nitrogens is 2. The molecule has 2 aromatic rings. The molecule has 0 bridgehead atoms. The van der Waals surface area contributed by atoms with Gasteiger partial charge in [-0.1, -0.05) is 0 Å². The molecule has 0 saturated heterocycles. The number of carbonyl (C=O) groups is 1. The Kier molecular flexibility index (Phi) is 6.47. The summed E-state index contributed by atoms with van der Waals surface area (Å²) in [4.78, 5) is 22.6. The molecule has 6 heteroatoms. The normalized spacial score (nSPS) is 11.4. The summed E-state index contributed by atoms with van der Waals surface area (Å²) in [6, 6.07) is 11.7. The van der Waals surface area contributed by atoms with Crippen LogP contribution < -0.4 is 5.32 Å². The van der Waals surface area contributed by atoms with Crippen LogP contribution in [0.1, 0.15) is 19.5 Å². The summed E-state index contributed by atoms with van der Waals surface area (Å²) in [6.07, 6.45) is 1.74. The number of aryl methyl sites for hydroxylation is 1. The lowest BCUT2D eigenvalue weighted by Gasteiger charge is -2.22. The van der Waals surface area contributed by atoms with Gasteiger partial charge in [0.15, 0.2) is 5.82 Å². The largest absolute Gasteiger partial charge is 0.376 e. The second-order valence-corrected chi connectivity index (χ2v) is 5.92. The molecular formula is C19H23N5O. The molecule has 0 aliphatic rings. The average molecular weight is 337 g/mol. The van der Waals surface area contributed by atoms with Gasteiger partial charge in [0.2, 0.25) is 5.91 Å². The van der Waals surface area contributed by atoms with Crippen LogP contribution in [0.15, 0.2) is 36.5 Å². The third-order valence-electron chi connectivity index (χ3n) is 3.83. The highest BCUT2D eigenvalue weighted by Crippen LogP contribution is 2.17. The van der Waals surface area contributed by atoms with Crippen LogP contribution >= 0.6 is 0 Å². The standard InChI is InChI=1S/C19H23N5O/c1-4-24(13-14(2)11-20)18(25)12-22-17-7-5-16(6-8-17)19-21-10-9-15(3)23-19/h5-10,14,22H,4,12-13H2,1-3H3/t14-/m0/s1. The summed E-state index contributed by atoms with van der Waals surface area (Å²) < 4.78 is 0. The number of anilines is 1. The third-order valence-corrected chi connectivity index (χ3v) is 3.83. The third kappa shape index (κ3) is 5.28. The van der Waals surface area contributed by atoms with Crippen LogP contribution in [0.3, 0.4) is 0 Å². The first-order valence-corrected chi connectivity index (χ1v) is 8.34. The SMILES string of the molecule is CCN(C[C@@H](C)C#N)C(=O)CNc1ccc(-c2nccc(C)n2)cc1. The van der Waals surface area contributed by atoms with E-state index in [0.29, 0.717) is 18.9 Å². The monoisotopic (exact) mass is 337 g/mol. The molecule has 2 rings (SSSR count). The lowest BCUT2D eigenvalue weighted by Crippen LogP contribution is -2.38. The molecule has 1 aromatic carbocycles. The van der Waals surface area contributed by atoms with Crippen LogP contribution in [-0.2, 0) is 4.79 Å². The van der Waals surface area contributed by atoms with Gasteiger partial charge < -0.3 is 10.2 Å². The van der Waals surface area contributed by atoms with E-state index in [1.807, 2.05) is 51.1 Å². The zero-order chi connectivity index (χ0) is 18.2. The van der Waals surface area contributed by atoms with Crippen LogP contribution in [0, 0.1) is 24.2 Å². The number of hydrogen-bond acceptors (Lipinski definition) is 5. The minimum atomic E-state index is -0.169. The lowest BCUT2D eigenvalue weighted by molar-refractivity contribution is -0.129. The number of likely N-dealkylation sites (N-methyl/N-ethyl adjacent to an activating group) is 1. The Morgan fingerprint density at radius 3 is 2.64 bits per heavy atom. The van der Waals surface area contributed by atoms with E-state index in [4.69, 9.17) is 5.26 Å². The van der Waals surface area contributed by atoms with Gasteiger partial charge in [-0.25, -0.2) is 9.97 Å². The van der Waals surface area contributed by atoms with Gasteiger partial charge in [-0.3, -0.25) is 4.79 Å². The van der Waals surface area contributed by atoms with E-state index in [1.165, 1.54) is 0 Å². The van der Waals surface area contributed by atoms with Gasteiger partial charge in [0.1, 0.15) is 0 Å². The van der Waals surface area contributed by atoms with Gasteiger partial charge in [-0.15, -0.1) is 0 Å². The maximum atomic E-state index is 12.3. The molecule has 0 aliphatic carbocycles. The van der Waals surface area contributed by atoms with E-state index in [-0.39, 0.29) is 18.4 Å². The van der Waals surface area contributed by atoms with Gasteiger partial charge in [-0.2, -0.15) is 5.26 Å². The molecule has 0 aliphatic heterocycles. The van der Waals surface area contributed by atoms with Crippen molar-refractivity contribution in [1.82, 2.24) is 14.9 Å². The van der Waals surface area contributed by atoms with E-state index in [0.717, 1.165) is 16.9 Å². The highest BCUT2D eigenvalue weighted by molar-refractivity contribution is 5.81. The number of rotatable bonds is 7. The van der Waals surface area contributed by atoms with Gasteiger partial charge in [0.05, 0.1) is 18.5 Å². The molecule has 6 nitrogen and oxygen atoms in total. The van der Waals surface area contributed by atoms with Crippen LogP contribution in [0.25, 0.3) is 11.4 Å². The molecule has 0 saturated carbocycles. The van der Waals surface area contributed by atoms with Crippen LogP contribution in [-0.4, -0.2) is 40.4 Å². The Balaban J connectivity index is 1.95. The maximum absolute atomic E-state index is 12.3. The second kappa shape index (κ2) is 8.78. The first kappa shape index (κ1) is 18.4. The molecule has 1 atom stereocenters. The number of carbonyl (C=O) groups excluding carboxylic acids is 1. The van der Waals surface area contributed by atoms with Gasteiger partial charge in [0.25, 0.3) is 0 Å². The van der Waals surface area contributed by atoms with Gasteiger partial charge >= 0.3 is 0 Å². The van der Waals surface area contributed by atoms with Crippen LogP contribution in [0.4, 0.5) is 5.69 Å². The summed E-state index contributed by atoms with van der Waals surface area (Å²) >= 11 is 0. The molecule has 130 valence electrons. The number of amides is 1. The quantitative estimate of drug-likeness (QED) is 0.840. The molecule has 25 heavy (non-hydrogen) atoms. The minimum Gasteiger partial charge on any atom is -0.376 e. The predicted octanol–water partition coefficient (Wildman–Crippen LogP) is 2.87. The Bertz CT molecular complexity index is 751. The molecule has 1 heterocycles. The van der Waals surface area contributed by atoms with Crippen molar-refractivity contribution in [3.63, 3.8) is 0 Å². The molecule has 1 N–H and O–H groups in total. The first-order chi connectivity index (χ1) is 12.0. The van der Waals surface area contributed by atoms with Crippen molar-refractivity contribution in [2.24, 2.45) is 5.92 Å². The van der Waals surface area contributed by atoms with Crippen molar-refractivity contribution in [1.29, 1.82) is 5.26 Å². The van der Waals surface area contributed by atoms with Crippen LogP contribution in [0.2, 0.25) is 0 Å². The maximum Gasteiger partial charge on any atom is 0.241 e. The number of nitriles is 1. The summed E-state index contributed by atoms with van der Waals surface area (Å²) in [7, 11) is 0. The first-order valence-electron chi connectivity index (χ1n) is 8.34. The molecule has 1 amide bonds. The topological polar surface area (TPSA) is 81.9 Å². The fraction of sp³-hybridized carbons (Fsp3) is 0.368.